The lowest BCUT2D eigenvalue weighted by atomic mass is 10.2. The highest BCUT2D eigenvalue weighted by atomic mass is 32.2. The first-order chi connectivity index (χ1) is 15.5. The van der Waals surface area contributed by atoms with E-state index in [2.05, 4.69) is 20.6 Å². The molecule has 0 atom stereocenters. The van der Waals surface area contributed by atoms with Crippen LogP contribution < -0.4 is 10.1 Å². The minimum atomic E-state index is -0.524. The maximum atomic E-state index is 13.3. The number of carbonyl (C=O) groups is 1. The van der Waals surface area contributed by atoms with Crippen LogP contribution in [0.5, 0.6) is 5.75 Å². The molecule has 1 N–H and O–H groups in total. The Balaban J connectivity index is 1.59. The zero-order chi connectivity index (χ0) is 22.5. The van der Waals surface area contributed by atoms with E-state index in [0.717, 1.165) is 15.7 Å². The first-order valence-corrected chi connectivity index (χ1v) is 11.3. The van der Waals surface area contributed by atoms with Gasteiger partial charge in [-0.3, -0.25) is 10.1 Å². The standard InChI is InChI=1S/C21H17F2N5O2S2/c1-2-31-21-26-25-20(32-21)24-19(29)18-17(30-12-13-3-5-14(22)6-4-13)11-28(27-18)16-9-7-15(23)8-10-16/h3-11H,2,12H2,1H3,(H,24,25,29). The molecule has 32 heavy (non-hydrogen) atoms. The molecule has 0 unspecified atom stereocenters. The lowest BCUT2D eigenvalue weighted by molar-refractivity contribution is 0.101. The van der Waals surface area contributed by atoms with Crippen molar-refractivity contribution in [3.63, 3.8) is 0 Å². The summed E-state index contributed by atoms with van der Waals surface area (Å²) < 4.78 is 34.4. The molecule has 164 valence electrons. The monoisotopic (exact) mass is 473 g/mol. The molecule has 0 saturated carbocycles. The fraction of sp³-hybridized carbons (Fsp3) is 0.143. The Morgan fingerprint density at radius 1 is 1.09 bits per heavy atom. The van der Waals surface area contributed by atoms with Gasteiger partial charge in [-0.15, -0.1) is 10.2 Å². The third kappa shape index (κ3) is 5.29. The summed E-state index contributed by atoms with van der Waals surface area (Å²) >= 11 is 2.78. The predicted octanol–water partition coefficient (Wildman–Crippen LogP) is 4.95. The summed E-state index contributed by atoms with van der Waals surface area (Å²) in [6, 6.07) is 11.5. The largest absolute Gasteiger partial charge is 0.485 e. The van der Waals surface area contributed by atoms with E-state index < -0.39 is 5.91 Å². The molecular formula is C21H17F2N5O2S2. The van der Waals surface area contributed by atoms with Crippen molar-refractivity contribution in [1.29, 1.82) is 0 Å². The number of ether oxygens (including phenoxy) is 1. The van der Waals surface area contributed by atoms with Crippen LogP contribution in [0.3, 0.4) is 0 Å². The fourth-order valence-electron chi connectivity index (χ4n) is 2.69. The summed E-state index contributed by atoms with van der Waals surface area (Å²) in [7, 11) is 0. The van der Waals surface area contributed by atoms with Crippen molar-refractivity contribution >= 4 is 34.1 Å². The molecule has 2 heterocycles. The van der Waals surface area contributed by atoms with E-state index in [9.17, 15) is 13.6 Å². The number of nitrogens with one attached hydrogen (secondary N) is 1. The molecule has 1 amide bonds. The van der Waals surface area contributed by atoms with Crippen LogP contribution in [-0.4, -0.2) is 31.6 Å². The molecule has 4 rings (SSSR count). The molecule has 0 aliphatic rings. The molecular weight excluding hydrogens is 456 g/mol. The lowest BCUT2D eigenvalue weighted by Gasteiger charge is -2.06. The Morgan fingerprint density at radius 2 is 1.78 bits per heavy atom. The van der Waals surface area contributed by atoms with E-state index in [1.165, 1.54) is 70.4 Å². The number of benzene rings is 2. The lowest BCUT2D eigenvalue weighted by Crippen LogP contribution is -2.14. The maximum absolute atomic E-state index is 13.3. The van der Waals surface area contributed by atoms with Crippen molar-refractivity contribution in [3.05, 3.63) is 77.6 Å². The second-order valence-electron chi connectivity index (χ2n) is 6.44. The first kappa shape index (κ1) is 21.9. The van der Waals surface area contributed by atoms with Gasteiger partial charge >= 0.3 is 0 Å². The Kier molecular flexibility index (Phi) is 6.76. The van der Waals surface area contributed by atoms with E-state index >= 15 is 0 Å². The van der Waals surface area contributed by atoms with E-state index in [4.69, 9.17) is 4.74 Å². The molecule has 0 aliphatic carbocycles. The zero-order valence-corrected chi connectivity index (χ0v) is 18.4. The summed E-state index contributed by atoms with van der Waals surface area (Å²) in [6.45, 7) is 2.10. The number of anilines is 1. The van der Waals surface area contributed by atoms with Gasteiger partial charge in [-0.1, -0.05) is 42.2 Å². The van der Waals surface area contributed by atoms with Crippen molar-refractivity contribution in [3.8, 4) is 11.4 Å². The molecule has 0 fully saturated rings. The Morgan fingerprint density at radius 3 is 2.47 bits per heavy atom. The van der Waals surface area contributed by atoms with Crippen molar-refractivity contribution in [2.75, 3.05) is 11.1 Å². The van der Waals surface area contributed by atoms with Gasteiger partial charge in [0.25, 0.3) is 5.91 Å². The second kappa shape index (κ2) is 9.88. The molecule has 0 spiro atoms. The molecule has 0 bridgehead atoms. The average Bonchev–Trinajstić information content (AvgIpc) is 3.41. The minimum Gasteiger partial charge on any atom is -0.485 e. The molecule has 0 aliphatic heterocycles. The van der Waals surface area contributed by atoms with Crippen LogP contribution >= 0.6 is 23.1 Å². The third-order valence-corrected chi connectivity index (χ3v) is 6.04. The van der Waals surface area contributed by atoms with Crippen LogP contribution in [0, 0.1) is 11.6 Å². The highest BCUT2D eigenvalue weighted by molar-refractivity contribution is 8.01. The number of amides is 1. The van der Waals surface area contributed by atoms with Crippen LogP contribution in [-0.2, 0) is 6.61 Å². The van der Waals surface area contributed by atoms with Crippen molar-refractivity contribution in [2.24, 2.45) is 0 Å². The van der Waals surface area contributed by atoms with Gasteiger partial charge in [0.2, 0.25) is 5.13 Å². The zero-order valence-electron chi connectivity index (χ0n) is 16.8. The third-order valence-electron chi connectivity index (χ3n) is 4.19. The maximum Gasteiger partial charge on any atom is 0.281 e. The molecule has 7 nitrogen and oxygen atoms in total. The summed E-state index contributed by atoms with van der Waals surface area (Å²) in [5.41, 5.74) is 1.30. The number of carbonyl (C=O) groups excluding carboxylic acids is 1. The summed E-state index contributed by atoms with van der Waals surface area (Å²) in [6.07, 6.45) is 1.53. The number of hydrogen-bond donors (Lipinski definition) is 1. The molecule has 0 saturated heterocycles. The van der Waals surface area contributed by atoms with Gasteiger partial charge in [0, 0.05) is 0 Å². The summed E-state index contributed by atoms with van der Waals surface area (Å²) in [4.78, 5) is 12.9. The van der Waals surface area contributed by atoms with E-state index in [1.54, 1.807) is 12.1 Å². The number of nitrogens with zero attached hydrogens (tertiary/aromatic N) is 4. The van der Waals surface area contributed by atoms with E-state index in [1.807, 2.05) is 6.92 Å². The first-order valence-electron chi connectivity index (χ1n) is 9.52. The van der Waals surface area contributed by atoms with Crippen LogP contribution in [0.4, 0.5) is 13.9 Å². The smallest absolute Gasteiger partial charge is 0.281 e. The molecule has 11 heteroatoms. The highest BCUT2D eigenvalue weighted by Gasteiger charge is 2.21. The van der Waals surface area contributed by atoms with Crippen LogP contribution in [0.25, 0.3) is 5.69 Å². The minimum absolute atomic E-state index is 0.0244. The normalized spacial score (nSPS) is 10.8. The molecule has 2 aromatic carbocycles. The number of rotatable bonds is 8. The Bertz CT molecular complexity index is 1210. The highest BCUT2D eigenvalue weighted by Crippen LogP contribution is 2.27. The van der Waals surface area contributed by atoms with Gasteiger partial charge in [0.15, 0.2) is 15.8 Å². The quantitative estimate of drug-likeness (QED) is 0.288. The van der Waals surface area contributed by atoms with Crippen molar-refractivity contribution < 1.29 is 18.3 Å². The molecule has 0 radical (unpaired) electrons. The predicted molar refractivity (Wildman–Crippen MR) is 119 cm³/mol. The van der Waals surface area contributed by atoms with Gasteiger partial charge < -0.3 is 4.74 Å². The van der Waals surface area contributed by atoms with Crippen LogP contribution in [0.2, 0.25) is 0 Å². The summed E-state index contributed by atoms with van der Waals surface area (Å²) in [5, 5.41) is 15.3. The second-order valence-corrected chi connectivity index (χ2v) is 8.93. The number of hydrogen-bond acceptors (Lipinski definition) is 7. The van der Waals surface area contributed by atoms with Crippen molar-refractivity contribution in [2.45, 2.75) is 17.9 Å². The van der Waals surface area contributed by atoms with E-state index in [-0.39, 0.29) is 29.7 Å². The fourth-order valence-corrected chi connectivity index (χ4v) is 4.33. The Labute approximate surface area is 190 Å². The number of halogens is 2. The van der Waals surface area contributed by atoms with Crippen molar-refractivity contribution in [1.82, 2.24) is 20.0 Å². The molecule has 4 aromatic rings. The van der Waals surface area contributed by atoms with Gasteiger partial charge in [-0.25, -0.2) is 13.5 Å². The van der Waals surface area contributed by atoms with Crippen LogP contribution in [0.1, 0.15) is 23.0 Å². The SMILES string of the molecule is CCSc1nnc(NC(=O)c2nn(-c3ccc(F)cc3)cc2OCc2ccc(F)cc2)s1. The Hall–Kier alpha value is -3.31. The molecule has 2 aromatic heterocycles. The number of aromatic nitrogens is 4. The van der Waals surface area contributed by atoms with Gasteiger partial charge in [0.1, 0.15) is 18.2 Å². The summed E-state index contributed by atoms with van der Waals surface area (Å²) in [5.74, 6) is -0.210. The number of thioether (sulfide) groups is 1. The van der Waals surface area contributed by atoms with Gasteiger partial charge in [-0.05, 0) is 47.7 Å². The van der Waals surface area contributed by atoms with E-state index in [0.29, 0.717) is 10.8 Å². The van der Waals surface area contributed by atoms with Gasteiger partial charge in [-0.2, -0.15) is 5.10 Å². The van der Waals surface area contributed by atoms with Gasteiger partial charge in [0.05, 0.1) is 11.9 Å². The average molecular weight is 474 g/mol. The topological polar surface area (TPSA) is 81.9 Å². The van der Waals surface area contributed by atoms with Crippen LogP contribution in [0.15, 0.2) is 59.1 Å².